The second-order valence-electron chi connectivity index (χ2n) is 4.31. The summed E-state index contributed by atoms with van der Waals surface area (Å²) in [5.74, 6) is -0.865. The van der Waals surface area contributed by atoms with Crippen molar-refractivity contribution in [3.8, 4) is 0 Å². The lowest BCUT2D eigenvalue weighted by molar-refractivity contribution is -0.146. The van der Waals surface area contributed by atoms with Crippen LogP contribution >= 0.6 is 0 Å². The molecule has 0 amide bonds. The largest absolute Gasteiger partial charge is 0.453 e. The Morgan fingerprint density at radius 3 is 2.67 bits per heavy atom. The fraction of sp³-hybridized carbons (Fsp3) is 0.273. The van der Waals surface area contributed by atoms with Crippen molar-refractivity contribution >= 4 is 11.5 Å². The Morgan fingerprint density at radius 1 is 1.19 bits per heavy atom. The number of anilines is 1. The van der Waals surface area contributed by atoms with Crippen LogP contribution in [-0.4, -0.2) is 29.6 Å². The van der Waals surface area contributed by atoms with Crippen LogP contribution in [0.1, 0.15) is 11.5 Å². The summed E-state index contributed by atoms with van der Waals surface area (Å²) in [4.78, 5) is 0. The third kappa shape index (κ3) is 2.51. The van der Waals surface area contributed by atoms with Crippen molar-refractivity contribution < 1.29 is 13.2 Å². The van der Waals surface area contributed by atoms with Gasteiger partial charge < -0.3 is 5.32 Å². The van der Waals surface area contributed by atoms with Gasteiger partial charge in [-0.05, 0) is 18.2 Å². The van der Waals surface area contributed by atoms with Crippen LogP contribution in [0.4, 0.5) is 19.0 Å². The molecule has 7 nitrogen and oxygen atoms in total. The lowest BCUT2D eigenvalue weighted by Crippen LogP contribution is -2.14. The standard InChI is InChI=1S/C11H10F3N7/c1-20-7(4-5-16-20)6-15-8-2-3-9-17-18-10(11(12,13)14)21(9)19-8/h2-5H,6H2,1H3,(H,15,19). The molecule has 1 N–H and O–H groups in total. The van der Waals surface area contributed by atoms with E-state index in [1.807, 2.05) is 0 Å². The summed E-state index contributed by atoms with van der Waals surface area (Å²) < 4.78 is 40.6. The molecule has 0 aliphatic carbocycles. The normalized spacial score (nSPS) is 12.0. The first-order valence-corrected chi connectivity index (χ1v) is 5.95. The molecule has 0 aliphatic rings. The molecule has 110 valence electrons. The monoisotopic (exact) mass is 297 g/mol. The number of aryl methyl sites for hydroxylation is 1. The fourth-order valence-electron chi connectivity index (χ4n) is 1.82. The average molecular weight is 297 g/mol. The fourth-order valence-corrected chi connectivity index (χ4v) is 1.82. The Morgan fingerprint density at radius 2 is 2.00 bits per heavy atom. The molecule has 21 heavy (non-hydrogen) atoms. The average Bonchev–Trinajstić information content (AvgIpc) is 3.01. The predicted octanol–water partition coefficient (Wildman–Crippen LogP) is 1.49. The highest BCUT2D eigenvalue weighted by molar-refractivity contribution is 5.44. The van der Waals surface area contributed by atoms with Crippen molar-refractivity contribution in [3.63, 3.8) is 0 Å². The van der Waals surface area contributed by atoms with Crippen molar-refractivity contribution in [3.05, 3.63) is 35.9 Å². The van der Waals surface area contributed by atoms with E-state index in [0.717, 1.165) is 5.69 Å². The van der Waals surface area contributed by atoms with Gasteiger partial charge in [0.15, 0.2) is 5.65 Å². The maximum atomic E-state index is 12.7. The maximum Gasteiger partial charge on any atom is 0.453 e. The molecule has 3 rings (SSSR count). The highest BCUT2D eigenvalue weighted by Gasteiger charge is 2.37. The van der Waals surface area contributed by atoms with Gasteiger partial charge in [-0.3, -0.25) is 4.68 Å². The molecular formula is C11H10F3N7. The van der Waals surface area contributed by atoms with Gasteiger partial charge in [0.1, 0.15) is 5.82 Å². The van der Waals surface area contributed by atoms with Crippen LogP contribution < -0.4 is 5.32 Å². The number of rotatable bonds is 3. The Hall–Kier alpha value is -2.65. The van der Waals surface area contributed by atoms with E-state index in [2.05, 4.69) is 25.7 Å². The minimum atomic E-state index is -4.60. The van der Waals surface area contributed by atoms with E-state index in [-0.39, 0.29) is 11.5 Å². The molecule has 3 heterocycles. The number of nitrogens with zero attached hydrogens (tertiary/aromatic N) is 6. The van der Waals surface area contributed by atoms with Crippen molar-refractivity contribution in [2.24, 2.45) is 7.05 Å². The van der Waals surface area contributed by atoms with Crippen LogP contribution in [0, 0.1) is 0 Å². The molecule has 3 aromatic heterocycles. The number of halogens is 3. The van der Waals surface area contributed by atoms with E-state index >= 15 is 0 Å². The van der Waals surface area contributed by atoms with Gasteiger partial charge in [0.05, 0.1) is 12.2 Å². The van der Waals surface area contributed by atoms with Crippen LogP contribution in [-0.2, 0) is 19.8 Å². The molecule has 0 radical (unpaired) electrons. The minimum absolute atomic E-state index is 0.0356. The smallest absolute Gasteiger partial charge is 0.363 e. The van der Waals surface area contributed by atoms with E-state index < -0.39 is 12.0 Å². The summed E-state index contributed by atoms with van der Waals surface area (Å²) in [6.07, 6.45) is -2.97. The third-order valence-corrected chi connectivity index (χ3v) is 2.89. The quantitative estimate of drug-likeness (QED) is 0.793. The van der Waals surface area contributed by atoms with E-state index in [1.165, 1.54) is 6.07 Å². The first-order valence-electron chi connectivity index (χ1n) is 5.95. The number of aromatic nitrogens is 6. The molecule has 0 fully saturated rings. The summed E-state index contributed by atoms with van der Waals surface area (Å²) in [7, 11) is 1.77. The van der Waals surface area contributed by atoms with Crippen molar-refractivity contribution in [2.45, 2.75) is 12.7 Å². The van der Waals surface area contributed by atoms with Crippen LogP contribution in [0.15, 0.2) is 24.4 Å². The Balaban J connectivity index is 1.88. The van der Waals surface area contributed by atoms with Crippen molar-refractivity contribution in [2.75, 3.05) is 5.32 Å². The van der Waals surface area contributed by atoms with Gasteiger partial charge in [0.2, 0.25) is 0 Å². The number of hydrogen-bond donors (Lipinski definition) is 1. The molecule has 0 aliphatic heterocycles. The van der Waals surface area contributed by atoms with Gasteiger partial charge in [0, 0.05) is 13.2 Å². The van der Waals surface area contributed by atoms with Gasteiger partial charge in [-0.2, -0.15) is 22.8 Å². The molecule has 0 spiro atoms. The lowest BCUT2D eigenvalue weighted by atomic mass is 10.4. The summed E-state index contributed by atoms with van der Waals surface area (Å²) in [6, 6.07) is 4.76. The molecule has 0 saturated heterocycles. The van der Waals surface area contributed by atoms with Gasteiger partial charge in [-0.1, -0.05) is 0 Å². The van der Waals surface area contributed by atoms with Gasteiger partial charge in [0.25, 0.3) is 5.82 Å². The van der Waals surface area contributed by atoms with Gasteiger partial charge in [-0.25, -0.2) is 0 Å². The molecule has 0 atom stereocenters. The van der Waals surface area contributed by atoms with Crippen molar-refractivity contribution in [1.82, 2.24) is 29.6 Å². The first kappa shape index (κ1) is 13.3. The molecular weight excluding hydrogens is 287 g/mol. The molecule has 0 bridgehead atoms. The Bertz CT molecular complexity index is 774. The molecule has 0 saturated carbocycles. The first-order chi connectivity index (χ1) is 9.95. The summed E-state index contributed by atoms with van der Waals surface area (Å²) in [5, 5.41) is 17.3. The van der Waals surface area contributed by atoms with Gasteiger partial charge >= 0.3 is 6.18 Å². The van der Waals surface area contributed by atoms with E-state index in [1.54, 1.807) is 30.1 Å². The Labute approximate surface area is 116 Å². The number of alkyl halides is 3. The second kappa shape index (κ2) is 4.72. The highest BCUT2D eigenvalue weighted by atomic mass is 19.4. The number of fused-ring (bicyclic) bond motifs is 1. The van der Waals surface area contributed by atoms with E-state index in [0.29, 0.717) is 11.1 Å². The SMILES string of the molecule is Cn1nccc1CNc1ccc2nnc(C(F)(F)F)n2n1. The minimum Gasteiger partial charge on any atom is -0.363 e. The molecule has 3 aromatic rings. The zero-order valence-electron chi connectivity index (χ0n) is 10.8. The predicted molar refractivity (Wildman–Crippen MR) is 66.3 cm³/mol. The van der Waals surface area contributed by atoms with E-state index in [9.17, 15) is 13.2 Å². The third-order valence-electron chi connectivity index (χ3n) is 2.89. The van der Waals surface area contributed by atoms with Crippen LogP contribution in [0.25, 0.3) is 5.65 Å². The zero-order valence-corrected chi connectivity index (χ0v) is 10.8. The maximum absolute atomic E-state index is 12.7. The summed E-state index contributed by atoms with van der Waals surface area (Å²) >= 11 is 0. The molecule has 0 aromatic carbocycles. The molecule has 0 unspecified atom stereocenters. The summed E-state index contributed by atoms with van der Waals surface area (Å²) in [5.41, 5.74) is 0.908. The van der Waals surface area contributed by atoms with Crippen LogP contribution in [0.3, 0.4) is 0 Å². The van der Waals surface area contributed by atoms with Crippen LogP contribution in [0.5, 0.6) is 0 Å². The zero-order chi connectivity index (χ0) is 15.0. The molecule has 10 heteroatoms. The van der Waals surface area contributed by atoms with Crippen molar-refractivity contribution in [1.29, 1.82) is 0 Å². The van der Waals surface area contributed by atoms with Crippen LogP contribution in [0.2, 0.25) is 0 Å². The highest BCUT2D eigenvalue weighted by Crippen LogP contribution is 2.27. The summed E-state index contributed by atoms with van der Waals surface area (Å²) in [6.45, 7) is 0.387. The van der Waals surface area contributed by atoms with E-state index in [4.69, 9.17) is 0 Å². The Kier molecular flexibility index (Phi) is 3.00. The van der Waals surface area contributed by atoms with Gasteiger partial charge in [-0.15, -0.1) is 15.3 Å². The topological polar surface area (TPSA) is 72.9 Å². The number of nitrogens with one attached hydrogen (secondary N) is 1. The number of hydrogen-bond acceptors (Lipinski definition) is 5. The second-order valence-corrected chi connectivity index (χ2v) is 4.31. The lowest BCUT2D eigenvalue weighted by Gasteiger charge is -2.07.